The van der Waals surface area contributed by atoms with Crippen LogP contribution < -0.4 is 0 Å². The van der Waals surface area contributed by atoms with E-state index in [1.807, 2.05) is 0 Å². The average molecular weight is 335 g/mol. The highest BCUT2D eigenvalue weighted by molar-refractivity contribution is 4.81. The fraction of sp³-hybridized carbons (Fsp3) is 0.833. The highest BCUT2D eigenvalue weighted by Crippen LogP contribution is 2.23. The summed E-state index contributed by atoms with van der Waals surface area (Å²) < 4.78 is 0. The van der Waals surface area contributed by atoms with Crippen molar-refractivity contribution in [3.05, 3.63) is 26.0 Å². The first kappa shape index (κ1) is 23.7. The summed E-state index contributed by atoms with van der Waals surface area (Å²) in [5.74, 6) is 1.89. The summed E-state index contributed by atoms with van der Waals surface area (Å²) in [4.78, 5) is 0. The van der Waals surface area contributed by atoms with Crippen LogP contribution in [0.1, 0.15) is 117 Å². The highest BCUT2D eigenvalue weighted by Gasteiger charge is 2.07. The standard InChI is InChI=1S/C24H46/c1-5-8-10-11-12-13-14-15-16-17-19-23(4)20-18-22-24(7-3)21-9-6-2/h10-11,23-24H,1-2,5-9,12-22H2,3-4H3/b11-10+. The van der Waals surface area contributed by atoms with Gasteiger partial charge < -0.3 is 0 Å². The van der Waals surface area contributed by atoms with Gasteiger partial charge in [0.1, 0.15) is 0 Å². The first-order valence-corrected chi connectivity index (χ1v) is 11.0. The van der Waals surface area contributed by atoms with Crippen LogP contribution in [-0.2, 0) is 0 Å². The molecule has 0 heterocycles. The summed E-state index contributed by atoms with van der Waals surface area (Å²) >= 11 is 0. The van der Waals surface area contributed by atoms with E-state index in [9.17, 15) is 0 Å². The third kappa shape index (κ3) is 16.6. The molecule has 0 amide bonds. The van der Waals surface area contributed by atoms with Gasteiger partial charge in [0, 0.05) is 0 Å². The molecule has 24 heavy (non-hydrogen) atoms. The van der Waals surface area contributed by atoms with Crippen LogP contribution in [0.4, 0.5) is 0 Å². The van der Waals surface area contributed by atoms with E-state index >= 15 is 0 Å². The van der Waals surface area contributed by atoms with E-state index in [1.54, 1.807) is 0 Å². The third-order valence-electron chi connectivity index (χ3n) is 5.35. The molecule has 0 aromatic carbocycles. The van der Waals surface area contributed by atoms with Crippen LogP contribution >= 0.6 is 0 Å². The van der Waals surface area contributed by atoms with Crippen LogP contribution in [0.25, 0.3) is 0 Å². The Morgan fingerprint density at radius 3 is 2.00 bits per heavy atom. The molecule has 0 aliphatic rings. The van der Waals surface area contributed by atoms with E-state index < -0.39 is 0 Å². The number of allylic oxidation sites excluding steroid dienone is 2. The van der Waals surface area contributed by atoms with Crippen molar-refractivity contribution in [3.8, 4) is 0 Å². The van der Waals surface area contributed by atoms with Crippen LogP contribution in [0.2, 0.25) is 0 Å². The summed E-state index contributed by atoms with van der Waals surface area (Å²) in [5.41, 5.74) is 0. The summed E-state index contributed by atoms with van der Waals surface area (Å²) in [6, 6.07) is 0. The molecule has 0 saturated carbocycles. The molecule has 0 nitrogen and oxygen atoms in total. The molecule has 2 radical (unpaired) electrons. The maximum absolute atomic E-state index is 3.97. The fourth-order valence-corrected chi connectivity index (χ4v) is 3.52. The molecule has 0 rings (SSSR count). The number of hydrogen-bond donors (Lipinski definition) is 0. The van der Waals surface area contributed by atoms with Crippen molar-refractivity contribution >= 4 is 0 Å². The minimum absolute atomic E-state index is 0.931. The second-order valence-corrected chi connectivity index (χ2v) is 7.76. The number of unbranched alkanes of at least 4 members (excludes halogenated alkanes) is 7. The van der Waals surface area contributed by atoms with Gasteiger partial charge in [-0.2, -0.15) is 0 Å². The second-order valence-electron chi connectivity index (χ2n) is 7.76. The summed E-state index contributed by atoms with van der Waals surface area (Å²) in [6.45, 7) is 12.6. The monoisotopic (exact) mass is 334 g/mol. The predicted octanol–water partition coefficient (Wildman–Crippen LogP) is 8.72. The van der Waals surface area contributed by atoms with Gasteiger partial charge in [0.25, 0.3) is 0 Å². The van der Waals surface area contributed by atoms with Crippen molar-refractivity contribution < 1.29 is 0 Å². The number of hydrogen-bond acceptors (Lipinski definition) is 0. The van der Waals surface area contributed by atoms with Gasteiger partial charge in [-0.3, -0.25) is 0 Å². The smallest absolute Gasteiger partial charge is 0.0351 e. The van der Waals surface area contributed by atoms with Crippen molar-refractivity contribution in [3.63, 3.8) is 0 Å². The molecule has 0 fully saturated rings. The van der Waals surface area contributed by atoms with E-state index in [0.717, 1.165) is 31.1 Å². The SMILES string of the molecule is [CH2]CC/C=C/CCCCCCCC(C)CCCC(CC)CCC[CH2]. The van der Waals surface area contributed by atoms with Gasteiger partial charge in [-0.25, -0.2) is 0 Å². The van der Waals surface area contributed by atoms with Crippen molar-refractivity contribution in [1.82, 2.24) is 0 Å². The average Bonchev–Trinajstić information content (AvgIpc) is 2.59. The molecule has 0 saturated heterocycles. The van der Waals surface area contributed by atoms with Crippen molar-refractivity contribution in [2.24, 2.45) is 11.8 Å². The molecule has 0 bridgehead atoms. The van der Waals surface area contributed by atoms with Gasteiger partial charge >= 0.3 is 0 Å². The third-order valence-corrected chi connectivity index (χ3v) is 5.35. The topological polar surface area (TPSA) is 0 Å². The normalized spacial score (nSPS) is 14.3. The molecule has 0 aliphatic heterocycles. The lowest BCUT2D eigenvalue weighted by molar-refractivity contribution is 0.372. The van der Waals surface area contributed by atoms with E-state index in [4.69, 9.17) is 0 Å². The Hall–Kier alpha value is -0.260. The Bertz CT molecular complexity index is 253. The Kier molecular flexibility index (Phi) is 18.9. The summed E-state index contributed by atoms with van der Waals surface area (Å²) in [6.07, 6.45) is 26.1. The molecular formula is C24H46. The van der Waals surface area contributed by atoms with Gasteiger partial charge in [-0.15, -0.1) is 0 Å². The fourth-order valence-electron chi connectivity index (χ4n) is 3.52. The zero-order chi connectivity index (χ0) is 17.9. The molecule has 0 spiro atoms. The molecule has 2 unspecified atom stereocenters. The lowest BCUT2D eigenvalue weighted by atomic mass is 9.90. The van der Waals surface area contributed by atoms with Crippen molar-refractivity contribution in [2.75, 3.05) is 0 Å². The van der Waals surface area contributed by atoms with Gasteiger partial charge in [-0.05, 0) is 37.5 Å². The van der Waals surface area contributed by atoms with E-state index in [-0.39, 0.29) is 0 Å². The van der Waals surface area contributed by atoms with Crippen LogP contribution in [0, 0.1) is 25.7 Å². The lowest BCUT2D eigenvalue weighted by Gasteiger charge is -2.16. The van der Waals surface area contributed by atoms with Crippen LogP contribution in [-0.4, -0.2) is 0 Å². The van der Waals surface area contributed by atoms with E-state index in [0.29, 0.717) is 0 Å². The van der Waals surface area contributed by atoms with Crippen molar-refractivity contribution in [1.29, 1.82) is 0 Å². The Morgan fingerprint density at radius 1 is 0.667 bits per heavy atom. The maximum atomic E-state index is 3.97. The Morgan fingerprint density at radius 2 is 1.29 bits per heavy atom. The second kappa shape index (κ2) is 19.1. The van der Waals surface area contributed by atoms with Crippen LogP contribution in [0.3, 0.4) is 0 Å². The van der Waals surface area contributed by atoms with Crippen molar-refractivity contribution in [2.45, 2.75) is 117 Å². The van der Waals surface area contributed by atoms with Gasteiger partial charge in [0.15, 0.2) is 0 Å². The summed E-state index contributed by atoms with van der Waals surface area (Å²) in [7, 11) is 0. The molecule has 0 N–H and O–H groups in total. The molecule has 0 heteroatoms. The lowest BCUT2D eigenvalue weighted by Crippen LogP contribution is -2.01. The predicted molar refractivity (Wildman–Crippen MR) is 112 cm³/mol. The molecule has 2 atom stereocenters. The first-order chi connectivity index (χ1) is 11.7. The Labute approximate surface area is 154 Å². The Balaban J connectivity index is 3.38. The number of rotatable bonds is 18. The minimum Gasteiger partial charge on any atom is -0.0885 e. The summed E-state index contributed by atoms with van der Waals surface area (Å²) in [5, 5.41) is 0. The minimum atomic E-state index is 0.931. The van der Waals surface area contributed by atoms with Crippen LogP contribution in [0.5, 0.6) is 0 Å². The first-order valence-electron chi connectivity index (χ1n) is 11.0. The molecule has 0 aromatic rings. The molecule has 142 valence electrons. The molecule has 0 aliphatic carbocycles. The zero-order valence-corrected chi connectivity index (χ0v) is 17.0. The zero-order valence-electron chi connectivity index (χ0n) is 17.0. The highest BCUT2D eigenvalue weighted by atomic mass is 14.1. The molecular weight excluding hydrogens is 288 g/mol. The van der Waals surface area contributed by atoms with Crippen LogP contribution in [0.15, 0.2) is 12.2 Å². The largest absolute Gasteiger partial charge is 0.0885 e. The van der Waals surface area contributed by atoms with Gasteiger partial charge in [-0.1, -0.05) is 117 Å². The van der Waals surface area contributed by atoms with Gasteiger partial charge in [0.2, 0.25) is 0 Å². The molecule has 0 aromatic heterocycles. The van der Waals surface area contributed by atoms with E-state index in [2.05, 4.69) is 39.8 Å². The quantitative estimate of drug-likeness (QED) is 0.174. The maximum Gasteiger partial charge on any atom is -0.0351 e. The van der Waals surface area contributed by atoms with Gasteiger partial charge in [0.05, 0.1) is 0 Å². The van der Waals surface area contributed by atoms with E-state index in [1.165, 1.54) is 83.5 Å².